The zero-order valence-electron chi connectivity index (χ0n) is 8.68. The van der Waals surface area contributed by atoms with E-state index in [9.17, 15) is 4.79 Å². The second kappa shape index (κ2) is 6.66. The molecule has 2 N–H and O–H groups in total. The Bertz CT molecular complexity index is 178. The van der Waals surface area contributed by atoms with Crippen LogP contribution in [0.4, 0.5) is 0 Å². The molecule has 1 amide bonds. The van der Waals surface area contributed by atoms with Crippen molar-refractivity contribution in [1.82, 2.24) is 4.90 Å². The first kappa shape index (κ1) is 12.2. The Hall–Kier alpha value is -0.830. The van der Waals surface area contributed by atoms with Crippen molar-refractivity contribution < 1.29 is 4.79 Å². The zero-order chi connectivity index (χ0) is 10.3. The smallest absolute Gasteiger partial charge is 0.222 e. The van der Waals surface area contributed by atoms with Gasteiger partial charge < -0.3 is 10.6 Å². The molecule has 0 fully saturated rings. The van der Waals surface area contributed by atoms with Crippen LogP contribution in [0, 0.1) is 0 Å². The molecule has 0 saturated heterocycles. The van der Waals surface area contributed by atoms with Crippen molar-refractivity contribution in [2.75, 3.05) is 19.6 Å². The highest BCUT2D eigenvalue weighted by molar-refractivity contribution is 5.76. The van der Waals surface area contributed by atoms with Crippen LogP contribution in [0.2, 0.25) is 0 Å². The molecular weight excluding hydrogens is 164 g/mol. The first-order valence-electron chi connectivity index (χ1n) is 4.74. The number of hydrogen-bond acceptors (Lipinski definition) is 2. The lowest BCUT2D eigenvalue weighted by atomic mass is 10.2. The molecule has 0 heterocycles. The van der Waals surface area contributed by atoms with E-state index in [0.29, 0.717) is 19.5 Å². The van der Waals surface area contributed by atoms with Gasteiger partial charge in [-0.3, -0.25) is 4.79 Å². The third kappa shape index (κ3) is 5.42. The zero-order valence-corrected chi connectivity index (χ0v) is 8.68. The molecule has 0 aliphatic carbocycles. The summed E-state index contributed by atoms with van der Waals surface area (Å²) in [6.45, 7) is 9.68. The maximum Gasteiger partial charge on any atom is 0.222 e. The fourth-order valence-corrected chi connectivity index (χ4v) is 1.11. The fraction of sp³-hybridized carbons (Fsp3) is 0.700. The largest absolute Gasteiger partial charge is 0.339 e. The van der Waals surface area contributed by atoms with E-state index in [1.165, 1.54) is 0 Å². The van der Waals surface area contributed by atoms with E-state index in [-0.39, 0.29) is 5.91 Å². The molecule has 0 spiro atoms. The summed E-state index contributed by atoms with van der Waals surface area (Å²) in [6, 6.07) is 0. The molecule has 0 aliphatic rings. The van der Waals surface area contributed by atoms with E-state index < -0.39 is 0 Å². The minimum absolute atomic E-state index is 0.177. The van der Waals surface area contributed by atoms with Crippen molar-refractivity contribution in [2.45, 2.75) is 26.7 Å². The van der Waals surface area contributed by atoms with Gasteiger partial charge in [-0.05, 0) is 26.8 Å². The molecule has 0 aromatic rings. The van der Waals surface area contributed by atoms with Gasteiger partial charge in [-0.25, -0.2) is 0 Å². The van der Waals surface area contributed by atoms with Crippen LogP contribution in [0.5, 0.6) is 0 Å². The van der Waals surface area contributed by atoms with Gasteiger partial charge in [0.25, 0.3) is 0 Å². The van der Waals surface area contributed by atoms with Gasteiger partial charge in [0.05, 0.1) is 0 Å². The van der Waals surface area contributed by atoms with Gasteiger partial charge in [-0.2, -0.15) is 0 Å². The van der Waals surface area contributed by atoms with Crippen molar-refractivity contribution in [3.8, 4) is 0 Å². The maximum absolute atomic E-state index is 11.5. The molecule has 0 aromatic heterocycles. The van der Waals surface area contributed by atoms with Crippen LogP contribution >= 0.6 is 0 Å². The second-order valence-electron chi connectivity index (χ2n) is 3.26. The highest BCUT2D eigenvalue weighted by Crippen LogP contribution is 2.00. The lowest BCUT2D eigenvalue weighted by molar-refractivity contribution is -0.130. The van der Waals surface area contributed by atoms with Gasteiger partial charge in [-0.15, -0.1) is 0 Å². The summed E-state index contributed by atoms with van der Waals surface area (Å²) in [5.74, 6) is 0.177. The molecule has 0 saturated carbocycles. The maximum atomic E-state index is 11.5. The van der Waals surface area contributed by atoms with E-state index in [2.05, 4.69) is 6.58 Å². The number of rotatable bonds is 6. The third-order valence-corrected chi connectivity index (χ3v) is 1.79. The van der Waals surface area contributed by atoms with Gasteiger partial charge >= 0.3 is 0 Å². The number of carbonyl (C=O) groups excluding carboxylic acids is 1. The van der Waals surface area contributed by atoms with Crippen LogP contribution in [-0.2, 0) is 4.79 Å². The number of amides is 1. The second-order valence-corrected chi connectivity index (χ2v) is 3.26. The van der Waals surface area contributed by atoms with Gasteiger partial charge in [0.2, 0.25) is 5.91 Å². The van der Waals surface area contributed by atoms with Crippen LogP contribution in [-0.4, -0.2) is 30.4 Å². The quantitative estimate of drug-likeness (QED) is 0.629. The predicted octanol–water partition coefficient (Wildman–Crippen LogP) is 1.15. The average Bonchev–Trinajstić information content (AvgIpc) is 2.09. The van der Waals surface area contributed by atoms with E-state index in [4.69, 9.17) is 5.73 Å². The Morgan fingerprint density at radius 1 is 1.54 bits per heavy atom. The molecule has 0 bridgehead atoms. The Balaban J connectivity index is 3.92. The van der Waals surface area contributed by atoms with Gasteiger partial charge in [0, 0.05) is 19.5 Å². The normalized spacial score (nSPS) is 9.77. The molecule has 0 unspecified atom stereocenters. The van der Waals surface area contributed by atoms with Crippen molar-refractivity contribution in [3.05, 3.63) is 12.2 Å². The molecule has 0 rings (SSSR count). The summed E-state index contributed by atoms with van der Waals surface area (Å²) in [5.41, 5.74) is 6.35. The van der Waals surface area contributed by atoms with Gasteiger partial charge in [0.15, 0.2) is 0 Å². The van der Waals surface area contributed by atoms with E-state index in [1.54, 1.807) is 4.90 Å². The Morgan fingerprint density at radius 2 is 2.15 bits per heavy atom. The monoisotopic (exact) mass is 184 g/mol. The molecule has 0 aromatic carbocycles. The number of hydrogen-bond donors (Lipinski definition) is 1. The summed E-state index contributed by atoms with van der Waals surface area (Å²) in [6.07, 6.45) is 1.32. The minimum atomic E-state index is 0.177. The van der Waals surface area contributed by atoms with Crippen molar-refractivity contribution >= 4 is 5.91 Å². The van der Waals surface area contributed by atoms with Crippen LogP contribution in [0.15, 0.2) is 12.2 Å². The highest BCUT2D eigenvalue weighted by atomic mass is 16.2. The number of nitrogens with zero attached hydrogens (tertiary/aromatic N) is 1. The lowest BCUT2D eigenvalue weighted by Gasteiger charge is -2.20. The summed E-state index contributed by atoms with van der Waals surface area (Å²) >= 11 is 0. The first-order chi connectivity index (χ1) is 6.11. The number of likely N-dealkylation sites (N-methyl/N-ethyl adjacent to an activating group) is 1. The lowest BCUT2D eigenvalue weighted by Crippen LogP contribution is -2.32. The predicted molar refractivity (Wildman–Crippen MR) is 55.4 cm³/mol. The van der Waals surface area contributed by atoms with Crippen LogP contribution in [0.3, 0.4) is 0 Å². The van der Waals surface area contributed by atoms with E-state index in [1.807, 2.05) is 13.8 Å². The topological polar surface area (TPSA) is 46.3 Å². The van der Waals surface area contributed by atoms with E-state index in [0.717, 1.165) is 18.5 Å². The van der Waals surface area contributed by atoms with Gasteiger partial charge in [0.1, 0.15) is 0 Å². The summed E-state index contributed by atoms with van der Waals surface area (Å²) in [4.78, 5) is 13.3. The summed E-state index contributed by atoms with van der Waals surface area (Å²) in [5, 5.41) is 0. The Labute approximate surface area is 80.6 Å². The Kier molecular flexibility index (Phi) is 6.24. The summed E-state index contributed by atoms with van der Waals surface area (Å²) in [7, 11) is 0. The van der Waals surface area contributed by atoms with Gasteiger partial charge in [-0.1, -0.05) is 12.2 Å². The SMILES string of the molecule is C=C(C)CN(CC)C(=O)CCCN. The Morgan fingerprint density at radius 3 is 2.54 bits per heavy atom. The van der Waals surface area contributed by atoms with Crippen LogP contribution in [0.1, 0.15) is 26.7 Å². The number of nitrogens with two attached hydrogens (primary N) is 1. The fourth-order valence-electron chi connectivity index (χ4n) is 1.11. The molecule has 3 heteroatoms. The van der Waals surface area contributed by atoms with Crippen molar-refractivity contribution in [2.24, 2.45) is 5.73 Å². The van der Waals surface area contributed by atoms with Crippen LogP contribution < -0.4 is 5.73 Å². The van der Waals surface area contributed by atoms with Crippen LogP contribution in [0.25, 0.3) is 0 Å². The molecule has 0 aliphatic heterocycles. The average molecular weight is 184 g/mol. The first-order valence-corrected chi connectivity index (χ1v) is 4.74. The van der Waals surface area contributed by atoms with Crippen molar-refractivity contribution in [3.63, 3.8) is 0 Å². The van der Waals surface area contributed by atoms with Crippen molar-refractivity contribution in [1.29, 1.82) is 0 Å². The molecule has 13 heavy (non-hydrogen) atoms. The molecular formula is C10H20N2O. The third-order valence-electron chi connectivity index (χ3n) is 1.79. The standard InChI is InChI=1S/C10H20N2O/c1-4-12(8-9(2)3)10(13)6-5-7-11/h2,4-8,11H2,1,3H3. The highest BCUT2D eigenvalue weighted by Gasteiger charge is 2.09. The van der Waals surface area contributed by atoms with E-state index >= 15 is 0 Å². The summed E-state index contributed by atoms with van der Waals surface area (Å²) < 4.78 is 0. The molecule has 76 valence electrons. The number of carbonyl (C=O) groups is 1. The minimum Gasteiger partial charge on any atom is -0.339 e. The molecule has 0 radical (unpaired) electrons. The molecule has 0 atom stereocenters. The molecule has 3 nitrogen and oxygen atoms in total.